The van der Waals surface area contributed by atoms with Gasteiger partial charge in [0.05, 0.1) is 12.1 Å². The Morgan fingerprint density at radius 2 is 2.08 bits per heavy atom. The molecule has 2 heterocycles. The molecule has 0 spiro atoms. The first-order valence-corrected chi connectivity index (χ1v) is 8.84. The molecule has 6 nitrogen and oxygen atoms in total. The van der Waals surface area contributed by atoms with E-state index in [0.29, 0.717) is 6.42 Å². The van der Waals surface area contributed by atoms with Crippen molar-refractivity contribution in [2.75, 3.05) is 7.05 Å². The van der Waals surface area contributed by atoms with E-state index in [1.165, 1.54) is 11.3 Å². The van der Waals surface area contributed by atoms with Gasteiger partial charge >= 0.3 is 0 Å². The second kappa shape index (κ2) is 7.09. The third kappa shape index (κ3) is 3.31. The van der Waals surface area contributed by atoms with Crippen LogP contribution in [-0.4, -0.2) is 34.0 Å². The molecule has 1 fully saturated rings. The molecular weight excluding hydrogens is 324 g/mol. The molecule has 24 heavy (non-hydrogen) atoms. The van der Waals surface area contributed by atoms with Gasteiger partial charge < -0.3 is 10.2 Å². The molecule has 0 aliphatic carbocycles. The molecule has 1 aromatic heterocycles. The van der Waals surface area contributed by atoms with Gasteiger partial charge in [0.25, 0.3) is 0 Å². The molecule has 7 heteroatoms. The number of likely N-dealkylation sites (tertiary alicyclic amines) is 1. The van der Waals surface area contributed by atoms with Gasteiger partial charge in [-0.1, -0.05) is 30.3 Å². The predicted octanol–water partition coefficient (Wildman–Crippen LogP) is 2.33. The standard InChI is InChI=1S/C17H20N4O2S/c1-11(16-20-18-10-24-16)19-15(22)13-8-9-14(21(2)17(13)23)12-6-4-3-5-7-12/h3-7,10-11,13-14H,8-9H2,1-2H3,(H,19,22)/t11-,13?,14?/m0/s1. The highest BCUT2D eigenvalue weighted by Gasteiger charge is 2.38. The fourth-order valence-corrected chi connectivity index (χ4v) is 3.66. The lowest BCUT2D eigenvalue weighted by Gasteiger charge is -2.36. The number of nitrogens with one attached hydrogen (secondary N) is 1. The summed E-state index contributed by atoms with van der Waals surface area (Å²) in [6.45, 7) is 1.85. The molecule has 1 aliphatic heterocycles. The minimum atomic E-state index is -0.634. The number of aromatic nitrogens is 2. The van der Waals surface area contributed by atoms with Crippen LogP contribution < -0.4 is 5.32 Å². The number of benzene rings is 1. The van der Waals surface area contributed by atoms with Crippen molar-refractivity contribution in [1.29, 1.82) is 0 Å². The van der Waals surface area contributed by atoms with Crippen LogP contribution in [0, 0.1) is 5.92 Å². The second-order valence-corrected chi connectivity index (χ2v) is 6.88. The van der Waals surface area contributed by atoms with Crippen molar-refractivity contribution in [1.82, 2.24) is 20.4 Å². The summed E-state index contributed by atoms with van der Waals surface area (Å²) in [4.78, 5) is 26.9. The van der Waals surface area contributed by atoms with E-state index in [0.717, 1.165) is 17.0 Å². The summed E-state index contributed by atoms with van der Waals surface area (Å²) in [7, 11) is 1.77. The molecule has 3 rings (SSSR count). The van der Waals surface area contributed by atoms with Gasteiger partial charge in [-0.25, -0.2) is 0 Å². The van der Waals surface area contributed by atoms with Crippen LogP contribution in [0.1, 0.15) is 42.4 Å². The van der Waals surface area contributed by atoms with Gasteiger partial charge in [-0.05, 0) is 25.3 Å². The van der Waals surface area contributed by atoms with E-state index < -0.39 is 5.92 Å². The maximum Gasteiger partial charge on any atom is 0.235 e. The summed E-state index contributed by atoms with van der Waals surface area (Å²) in [6.07, 6.45) is 1.33. The number of rotatable bonds is 4. The van der Waals surface area contributed by atoms with E-state index in [-0.39, 0.29) is 23.9 Å². The molecule has 1 aliphatic rings. The maximum atomic E-state index is 12.7. The molecule has 2 aromatic rings. The van der Waals surface area contributed by atoms with E-state index in [4.69, 9.17) is 0 Å². The Morgan fingerprint density at radius 1 is 1.33 bits per heavy atom. The number of hydrogen-bond acceptors (Lipinski definition) is 5. The molecule has 2 unspecified atom stereocenters. The van der Waals surface area contributed by atoms with Gasteiger partial charge in [-0.2, -0.15) is 0 Å². The second-order valence-electron chi connectivity index (χ2n) is 6.01. The molecule has 1 aromatic carbocycles. The van der Waals surface area contributed by atoms with E-state index in [2.05, 4.69) is 15.5 Å². The quantitative estimate of drug-likeness (QED) is 0.864. The van der Waals surface area contributed by atoms with Gasteiger partial charge in [0.1, 0.15) is 16.4 Å². The van der Waals surface area contributed by atoms with Crippen molar-refractivity contribution in [3.8, 4) is 0 Å². The Balaban J connectivity index is 1.66. The minimum Gasteiger partial charge on any atom is -0.346 e. The van der Waals surface area contributed by atoms with Crippen LogP contribution in [0.2, 0.25) is 0 Å². The van der Waals surface area contributed by atoms with Gasteiger partial charge in [0.15, 0.2) is 0 Å². The topological polar surface area (TPSA) is 75.2 Å². The maximum absolute atomic E-state index is 12.7. The molecule has 0 radical (unpaired) electrons. The zero-order chi connectivity index (χ0) is 17.1. The number of carbonyl (C=O) groups excluding carboxylic acids is 2. The molecule has 2 amide bonds. The van der Waals surface area contributed by atoms with Crippen molar-refractivity contribution in [3.05, 3.63) is 46.4 Å². The zero-order valence-electron chi connectivity index (χ0n) is 13.7. The van der Waals surface area contributed by atoms with Gasteiger partial charge in [-0.3, -0.25) is 9.59 Å². The van der Waals surface area contributed by atoms with Gasteiger partial charge in [-0.15, -0.1) is 21.5 Å². The lowest BCUT2D eigenvalue weighted by molar-refractivity contribution is -0.146. The third-order valence-electron chi connectivity index (χ3n) is 4.45. The van der Waals surface area contributed by atoms with E-state index in [1.54, 1.807) is 17.5 Å². The van der Waals surface area contributed by atoms with Crippen molar-refractivity contribution in [2.24, 2.45) is 5.92 Å². The lowest BCUT2D eigenvalue weighted by atomic mass is 9.88. The fourth-order valence-electron chi connectivity index (χ4n) is 3.10. The fraction of sp³-hybridized carbons (Fsp3) is 0.412. The molecule has 1 N–H and O–H groups in total. The highest BCUT2D eigenvalue weighted by atomic mass is 32.1. The van der Waals surface area contributed by atoms with Gasteiger partial charge in [0, 0.05) is 7.05 Å². The molecule has 0 bridgehead atoms. The van der Waals surface area contributed by atoms with Crippen LogP contribution in [0.3, 0.4) is 0 Å². The summed E-state index contributed by atoms with van der Waals surface area (Å²) in [5, 5.41) is 11.4. The van der Waals surface area contributed by atoms with Crippen molar-refractivity contribution >= 4 is 23.2 Å². The molecular formula is C17H20N4O2S. The summed E-state index contributed by atoms with van der Waals surface area (Å²) < 4.78 is 0. The van der Waals surface area contributed by atoms with Crippen LogP contribution >= 0.6 is 11.3 Å². The molecule has 3 atom stereocenters. The normalized spacial score (nSPS) is 22.2. The summed E-state index contributed by atoms with van der Waals surface area (Å²) in [6, 6.07) is 9.72. The Bertz CT molecular complexity index is 705. The van der Waals surface area contributed by atoms with E-state index in [9.17, 15) is 9.59 Å². The summed E-state index contributed by atoms with van der Waals surface area (Å²) >= 11 is 1.39. The first kappa shape index (κ1) is 16.6. The number of nitrogens with zero attached hydrogens (tertiary/aromatic N) is 3. The van der Waals surface area contributed by atoms with Gasteiger partial charge in [0.2, 0.25) is 11.8 Å². The summed E-state index contributed by atoms with van der Waals surface area (Å²) in [5.74, 6) is -0.997. The highest BCUT2D eigenvalue weighted by molar-refractivity contribution is 7.09. The third-order valence-corrected chi connectivity index (χ3v) is 5.33. The number of piperidine rings is 1. The Kier molecular flexibility index (Phi) is 4.89. The van der Waals surface area contributed by atoms with E-state index in [1.807, 2.05) is 37.3 Å². The Morgan fingerprint density at radius 3 is 2.75 bits per heavy atom. The SMILES string of the molecule is C[C@H](NC(=O)C1CCC(c2ccccc2)N(C)C1=O)c1nncs1. The number of hydrogen-bond donors (Lipinski definition) is 1. The van der Waals surface area contributed by atoms with Crippen molar-refractivity contribution in [2.45, 2.75) is 31.8 Å². The van der Waals surface area contributed by atoms with E-state index >= 15 is 0 Å². The molecule has 1 saturated heterocycles. The van der Waals surface area contributed by atoms with Crippen LogP contribution in [0.4, 0.5) is 0 Å². The minimum absolute atomic E-state index is 0.0309. The number of carbonyl (C=O) groups is 2. The predicted molar refractivity (Wildman–Crippen MR) is 91.1 cm³/mol. The van der Waals surface area contributed by atoms with Crippen LogP contribution in [-0.2, 0) is 9.59 Å². The van der Waals surface area contributed by atoms with Crippen molar-refractivity contribution < 1.29 is 9.59 Å². The number of amides is 2. The Labute approximate surface area is 144 Å². The van der Waals surface area contributed by atoms with Crippen LogP contribution in [0.25, 0.3) is 0 Å². The van der Waals surface area contributed by atoms with Crippen molar-refractivity contribution in [3.63, 3.8) is 0 Å². The lowest BCUT2D eigenvalue weighted by Crippen LogP contribution is -2.47. The first-order valence-electron chi connectivity index (χ1n) is 7.96. The smallest absolute Gasteiger partial charge is 0.235 e. The molecule has 0 saturated carbocycles. The van der Waals surface area contributed by atoms with Crippen LogP contribution in [0.5, 0.6) is 0 Å². The average Bonchev–Trinajstić information content (AvgIpc) is 3.12. The monoisotopic (exact) mass is 344 g/mol. The van der Waals surface area contributed by atoms with Crippen LogP contribution in [0.15, 0.2) is 35.8 Å². The molecule has 126 valence electrons. The largest absolute Gasteiger partial charge is 0.346 e. The highest BCUT2D eigenvalue weighted by Crippen LogP contribution is 2.33. The zero-order valence-corrected chi connectivity index (χ0v) is 14.5. The average molecular weight is 344 g/mol. The Hall–Kier alpha value is -2.28. The summed E-state index contributed by atoms with van der Waals surface area (Å²) in [5.41, 5.74) is 2.73. The first-order chi connectivity index (χ1) is 11.6.